The fourth-order valence-electron chi connectivity index (χ4n) is 2.30. The van der Waals surface area contributed by atoms with Gasteiger partial charge in [-0.05, 0) is 37.5 Å². The van der Waals surface area contributed by atoms with E-state index in [9.17, 15) is 4.79 Å². The fraction of sp³-hybridized carbons (Fsp3) is 0.462. The molecule has 1 aliphatic rings. The maximum absolute atomic E-state index is 12.3. The predicted octanol–water partition coefficient (Wildman–Crippen LogP) is 2.29. The molecule has 1 amide bonds. The van der Waals surface area contributed by atoms with Crippen LogP contribution < -0.4 is 5.73 Å². The highest BCUT2D eigenvalue weighted by molar-refractivity contribution is 6.30. The number of amides is 1. The minimum absolute atomic E-state index is 0.0441. The molecule has 92 valence electrons. The molecule has 0 unspecified atom stereocenters. The Balaban J connectivity index is 2.18. The third-order valence-electron chi connectivity index (χ3n) is 3.23. The highest BCUT2D eigenvalue weighted by Gasteiger charge is 2.26. The molecule has 1 aromatic carbocycles. The molecule has 17 heavy (non-hydrogen) atoms. The van der Waals surface area contributed by atoms with Crippen LogP contribution in [-0.4, -0.2) is 29.9 Å². The van der Waals surface area contributed by atoms with Crippen molar-refractivity contribution in [1.82, 2.24) is 4.90 Å². The monoisotopic (exact) mass is 252 g/mol. The number of nitrogens with zero attached hydrogens (tertiary/aromatic N) is 1. The summed E-state index contributed by atoms with van der Waals surface area (Å²) in [6.07, 6.45) is 3.22. The summed E-state index contributed by atoms with van der Waals surface area (Å²) >= 11 is 5.90. The minimum Gasteiger partial charge on any atom is -0.334 e. The van der Waals surface area contributed by atoms with E-state index in [1.54, 1.807) is 24.3 Å². The van der Waals surface area contributed by atoms with Crippen molar-refractivity contribution >= 4 is 17.5 Å². The average Bonchev–Trinajstić information content (AvgIpc) is 2.38. The van der Waals surface area contributed by atoms with Gasteiger partial charge in [-0.3, -0.25) is 4.79 Å². The van der Waals surface area contributed by atoms with E-state index in [4.69, 9.17) is 17.3 Å². The van der Waals surface area contributed by atoms with Crippen molar-refractivity contribution in [3.8, 4) is 0 Å². The lowest BCUT2D eigenvalue weighted by Crippen LogP contribution is -2.47. The van der Waals surface area contributed by atoms with Crippen LogP contribution in [0.15, 0.2) is 24.3 Å². The summed E-state index contributed by atoms with van der Waals surface area (Å²) in [7, 11) is 0. The maximum atomic E-state index is 12.3. The van der Waals surface area contributed by atoms with Gasteiger partial charge in [-0.25, -0.2) is 0 Å². The van der Waals surface area contributed by atoms with Crippen LogP contribution in [0.25, 0.3) is 0 Å². The van der Waals surface area contributed by atoms with Crippen molar-refractivity contribution in [1.29, 1.82) is 0 Å². The number of piperidine rings is 1. The number of rotatable bonds is 2. The SMILES string of the molecule is NC[C@@H]1CCCCN1C(=O)c1cccc(Cl)c1. The average molecular weight is 253 g/mol. The Labute approximate surface area is 107 Å². The molecule has 1 saturated heterocycles. The smallest absolute Gasteiger partial charge is 0.254 e. The van der Waals surface area contributed by atoms with Gasteiger partial charge in [0.25, 0.3) is 5.91 Å². The normalized spacial score (nSPS) is 20.4. The lowest BCUT2D eigenvalue weighted by Gasteiger charge is -2.35. The topological polar surface area (TPSA) is 46.3 Å². The first-order valence-corrected chi connectivity index (χ1v) is 6.37. The predicted molar refractivity (Wildman–Crippen MR) is 69.2 cm³/mol. The number of nitrogens with two attached hydrogens (primary N) is 1. The summed E-state index contributed by atoms with van der Waals surface area (Å²) in [5.41, 5.74) is 6.37. The number of benzene rings is 1. The standard InChI is InChI=1S/C13H17ClN2O/c14-11-5-3-4-10(8-11)13(17)16-7-2-1-6-12(16)9-15/h3-5,8,12H,1-2,6-7,9,15H2/t12-/m0/s1. The van der Waals surface area contributed by atoms with Gasteiger partial charge in [-0.2, -0.15) is 0 Å². The van der Waals surface area contributed by atoms with Crippen LogP contribution in [0.4, 0.5) is 0 Å². The first-order valence-electron chi connectivity index (χ1n) is 5.99. The summed E-state index contributed by atoms with van der Waals surface area (Å²) < 4.78 is 0. The van der Waals surface area contributed by atoms with Gasteiger partial charge in [0.2, 0.25) is 0 Å². The van der Waals surface area contributed by atoms with Crippen molar-refractivity contribution in [3.05, 3.63) is 34.9 Å². The Kier molecular flexibility index (Phi) is 4.02. The maximum Gasteiger partial charge on any atom is 0.254 e. The van der Waals surface area contributed by atoms with Crippen molar-refractivity contribution in [2.24, 2.45) is 5.73 Å². The molecule has 0 saturated carbocycles. The van der Waals surface area contributed by atoms with Gasteiger partial charge in [0.1, 0.15) is 0 Å². The molecule has 3 nitrogen and oxygen atoms in total. The number of likely N-dealkylation sites (tertiary alicyclic amines) is 1. The number of carbonyl (C=O) groups excluding carboxylic acids is 1. The van der Waals surface area contributed by atoms with E-state index in [1.807, 2.05) is 4.90 Å². The summed E-state index contributed by atoms with van der Waals surface area (Å²) in [5, 5.41) is 0.595. The largest absolute Gasteiger partial charge is 0.334 e. The molecule has 1 aliphatic heterocycles. The Morgan fingerprint density at radius 3 is 3.00 bits per heavy atom. The van der Waals surface area contributed by atoms with Gasteiger partial charge in [0.15, 0.2) is 0 Å². The number of hydrogen-bond acceptors (Lipinski definition) is 2. The van der Waals surface area contributed by atoms with Gasteiger partial charge in [0.05, 0.1) is 0 Å². The Morgan fingerprint density at radius 1 is 1.47 bits per heavy atom. The summed E-state index contributed by atoms with van der Waals surface area (Å²) in [4.78, 5) is 14.2. The summed E-state index contributed by atoms with van der Waals surface area (Å²) in [6.45, 7) is 1.33. The van der Waals surface area contributed by atoms with Crippen LogP contribution in [0.5, 0.6) is 0 Å². The Morgan fingerprint density at radius 2 is 2.29 bits per heavy atom. The van der Waals surface area contributed by atoms with E-state index < -0.39 is 0 Å². The van der Waals surface area contributed by atoms with Crippen molar-refractivity contribution in [3.63, 3.8) is 0 Å². The van der Waals surface area contributed by atoms with Crippen LogP contribution in [0.3, 0.4) is 0 Å². The highest BCUT2D eigenvalue weighted by atomic mass is 35.5. The molecule has 0 bridgehead atoms. The van der Waals surface area contributed by atoms with Crippen LogP contribution >= 0.6 is 11.6 Å². The molecular formula is C13H17ClN2O. The molecule has 0 radical (unpaired) electrons. The molecule has 1 heterocycles. The van der Waals surface area contributed by atoms with Crippen molar-refractivity contribution in [2.75, 3.05) is 13.1 Å². The Hall–Kier alpha value is -1.06. The molecule has 2 N–H and O–H groups in total. The summed E-state index contributed by atoms with van der Waals surface area (Å²) in [6, 6.07) is 7.27. The molecule has 1 aromatic rings. The van der Waals surface area contributed by atoms with E-state index in [2.05, 4.69) is 0 Å². The molecule has 0 aromatic heterocycles. The molecule has 1 fully saturated rings. The molecule has 4 heteroatoms. The van der Waals surface area contributed by atoms with E-state index in [1.165, 1.54) is 0 Å². The van der Waals surface area contributed by atoms with Gasteiger partial charge >= 0.3 is 0 Å². The van der Waals surface area contributed by atoms with Crippen LogP contribution in [0, 0.1) is 0 Å². The van der Waals surface area contributed by atoms with Crippen LogP contribution in [-0.2, 0) is 0 Å². The molecule has 1 atom stereocenters. The van der Waals surface area contributed by atoms with Crippen LogP contribution in [0.2, 0.25) is 5.02 Å². The quantitative estimate of drug-likeness (QED) is 0.878. The first kappa shape index (κ1) is 12.4. The van der Waals surface area contributed by atoms with E-state index in [0.29, 0.717) is 17.1 Å². The van der Waals surface area contributed by atoms with Gasteiger partial charge in [-0.15, -0.1) is 0 Å². The zero-order chi connectivity index (χ0) is 12.3. The molecule has 0 aliphatic carbocycles. The zero-order valence-corrected chi connectivity index (χ0v) is 10.5. The second-order valence-corrected chi connectivity index (χ2v) is 4.83. The van der Waals surface area contributed by atoms with Gasteiger partial charge < -0.3 is 10.6 Å². The first-order chi connectivity index (χ1) is 8.22. The molecule has 2 rings (SSSR count). The second-order valence-electron chi connectivity index (χ2n) is 4.39. The fourth-order valence-corrected chi connectivity index (χ4v) is 2.49. The van der Waals surface area contributed by atoms with Crippen molar-refractivity contribution in [2.45, 2.75) is 25.3 Å². The minimum atomic E-state index is 0.0441. The number of halogens is 1. The summed E-state index contributed by atoms with van der Waals surface area (Å²) in [5.74, 6) is 0.0441. The van der Waals surface area contributed by atoms with E-state index in [-0.39, 0.29) is 11.9 Å². The van der Waals surface area contributed by atoms with E-state index >= 15 is 0 Å². The third kappa shape index (κ3) is 2.79. The third-order valence-corrected chi connectivity index (χ3v) is 3.47. The molecule has 0 spiro atoms. The van der Waals surface area contributed by atoms with Gasteiger partial charge in [-0.1, -0.05) is 17.7 Å². The Bertz CT molecular complexity index is 408. The lowest BCUT2D eigenvalue weighted by molar-refractivity contribution is 0.0623. The lowest BCUT2D eigenvalue weighted by atomic mass is 10.0. The second kappa shape index (κ2) is 5.52. The zero-order valence-electron chi connectivity index (χ0n) is 9.73. The van der Waals surface area contributed by atoms with Gasteiger partial charge in [0, 0.05) is 29.7 Å². The number of hydrogen-bond donors (Lipinski definition) is 1. The molecular weight excluding hydrogens is 236 g/mol. The van der Waals surface area contributed by atoms with Crippen LogP contribution in [0.1, 0.15) is 29.6 Å². The van der Waals surface area contributed by atoms with E-state index in [0.717, 1.165) is 25.8 Å². The van der Waals surface area contributed by atoms with Crippen molar-refractivity contribution < 1.29 is 4.79 Å². The highest BCUT2D eigenvalue weighted by Crippen LogP contribution is 2.20. The number of carbonyl (C=O) groups is 1.